The largest absolute Gasteiger partial charge is 0.393 e. The van der Waals surface area contributed by atoms with Crippen LogP contribution in [0.4, 0.5) is 0 Å². The van der Waals surface area contributed by atoms with Gasteiger partial charge in [0.25, 0.3) is 0 Å². The quantitative estimate of drug-likeness (QED) is 0.389. The van der Waals surface area contributed by atoms with Gasteiger partial charge in [-0.1, -0.05) is 52.9 Å². The molecule has 0 aromatic rings. The van der Waals surface area contributed by atoms with E-state index in [9.17, 15) is 5.11 Å². The van der Waals surface area contributed by atoms with Gasteiger partial charge in [0, 0.05) is 11.4 Å². The molecule has 1 N–H and O–H groups in total. The van der Waals surface area contributed by atoms with Gasteiger partial charge in [-0.05, 0) is 39.3 Å². The molecule has 0 aromatic heterocycles. The van der Waals surface area contributed by atoms with Gasteiger partial charge in [-0.3, -0.25) is 0 Å². The van der Waals surface area contributed by atoms with Gasteiger partial charge in [0.05, 0.1) is 6.10 Å². The molecular weight excluding hydrogens is 270 g/mol. The van der Waals surface area contributed by atoms with Gasteiger partial charge in [-0.15, -0.1) is 11.6 Å². The number of unbranched alkanes of at least 4 members (excludes halogenated alkanes) is 4. The van der Waals surface area contributed by atoms with Gasteiger partial charge in [0.2, 0.25) is 0 Å². The topological polar surface area (TPSA) is 23.5 Å². The maximum Gasteiger partial charge on any atom is 0.0527 e. The van der Waals surface area contributed by atoms with Crippen LogP contribution in [0.5, 0.6) is 0 Å². The summed E-state index contributed by atoms with van der Waals surface area (Å²) in [5.41, 5.74) is 0. The predicted octanol–water partition coefficient (Wildman–Crippen LogP) is 4.83. The summed E-state index contributed by atoms with van der Waals surface area (Å²) in [5, 5.41) is 9.93. The normalized spacial score (nSPS) is 16.4. The van der Waals surface area contributed by atoms with Crippen LogP contribution in [-0.2, 0) is 0 Å². The molecule has 122 valence electrons. The van der Waals surface area contributed by atoms with Crippen LogP contribution >= 0.6 is 11.6 Å². The highest BCUT2D eigenvalue weighted by Crippen LogP contribution is 2.21. The van der Waals surface area contributed by atoms with Gasteiger partial charge in [0.1, 0.15) is 0 Å². The third kappa shape index (κ3) is 10.0. The zero-order chi connectivity index (χ0) is 15.4. The van der Waals surface area contributed by atoms with Crippen LogP contribution in [-0.4, -0.2) is 40.6 Å². The summed E-state index contributed by atoms with van der Waals surface area (Å²) in [6, 6.07) is 0.420. The first-order valence-electron chi connectivity index (χ1n) is 8.61. The number of aliphatic hydroxyl groups is 1. The van der Waals surface area contributed by atoms with Crippen molar-refractivity contribution in [1.29, 1.82) is 0 Å². The maximum atomic E-state index is 9.68. The zero-order valence-corrected chi connectivity index (χ0v) is 14.8. The summed E-state index contributed by atoms with van der Waals surface area (Å²) in [7, 11) is 0. The summed E-state index contributed by atoms with van der Waals surface area (Å²) in [4.78, 5) is 2.43. The molecular formula is C17H36ClNO. The number of hydrogen-bond donors (Lipinski definition) is 1. The summed E-state index contributed by atoms with van der Waals surface area (Å²) < 4.78 is 0. The standard InChI is InChI=1S/C17H36ClNO/c1-5-8-9-10-11-12-16(18)14-17(13-15(4)20)19(6-2)7-3/h15-17,20H,5-14H2,1-4H3. The van der Waals surface area contributed by atoms with E-state index in [4.69, 9.17) is 11.6 Å². The highest BCUT2D eigenvalue weighted by atomic mass is 35.5. The van der Waals surface area contributed by atoms with Crippen LogP contribution in [0.25, 0.3) is 0 Å². The minimum absolute atomic E-state index is 0.242. The Kier molecular flexibility index (Phi) is 13.0. The average molecular weight is 306 g/mol. The molecule has 20 heavy (non-hydrogen) atoms. The van der Waals surface area contributed by atoms with Gasteiger partial charge >= 0.3 is 0 Å². The first kappa shape index (κ1) is 20.2. The number of halogens is 1. The minimum atomic E-state index is -0.242. The molecule has 0 bridgehead atoms. The Morgan fingerprint density at radius 2 is 1.55 bits per heavy atom. The molecule has 0 aliphatic heterocycles. The van der Waals surface area contributed by atoms with Gasteiger partial charge in [0.15, 0.2) is 0 Å². The van der Waals surface area contributed by atoms with E-state index in [2.05, 4.69) is 25.7 Å². The zero-order valence-electron chi connectivity index (χ0n) is 14.1. The van der Waals surface area contributed by atoms with E-state index < -0.39 is 0 Å². The second kappa shape index (κ2) is 12.9. The lowest BCUT2D eigenvalue weighted by Gasteiger charge is -2.32. The van der Waals surface area contributed by atoms with E-state index in [1.807, 2.05) is 6.92 Å². The highest BCUT2D eigenvalue weighted by Gasteiger charge is 2.21. The third-order valence-electron chi connectivity index (χ3n) is 4.09. The number of hydrogen-bond acceptors (Lipinski definition) is 2. The Labute approximate surface area is 131 Å². The van der Waals surface area contributed by atoms with Crippen LogP contribution in [0, 0.1) is 0 Å². The van der Waals surface area contributed by atoms with E-state index in [-0.39, 0.29) is 11.5 Å². The molecule has 0 spiro atoms. The Balaban J connectivity index is 4.07. The van der Waals surface area contributed by atoms with E-state index in [1.165, 1.54) is 32.1 Å². The number of rotatable bonds is 13. The van der Waals surface area contributed by atoms with E-state index in [0.717, 1.165) is 32.4 Å². The summed E-state index contributed by atoms with van der Waals surface area (Å²) in [6.45, 7) is 10.6. The number of aliphatic hydroxyl groups excluding tert-OH is 1. The first-order valence-corrected chi connectivity index (χ1v) is 9.04. The Morgan fingerprint density at radius 1 is 0.950 bits per heavy atom. The van der Waals surface area contributed by atoms with Gasteiger partial charge in [-0.25, -0.2) is 0 Å². The molecule has 0 aliphatic carbocycles. The minimum Gasteiger partial charge on any atom is -0.393 e. The van der Waals surface area contributed by atoms with E-state index >= 15 is 0 Å². The lowest BCUT2D eigenvalue weighted by Crippen LogP contribution is -2.38. The molecule has 2 nitrogen and oxygen atoms in total. The van der Waals surface area contributed by atoms with Crippen molar-refractivity contribution in [2.75, 3.05) is 13.1 Å². The van der Waals surface area contributed by atoms with Crippen molar-refractivity contribution in [2.24, 2.45) is 0 Å². The van der Waals surface area contributed by atoms with Crippen LogP contribution in [0.15, 0.2) is 0 Å². The molecule has 0 aromatic carbocycles. The number of alkyl halides is 1. The molecule has 3 heteroatoms. The lowest BCUT2D eigenvalue weighted by atomic mass is 9.99. The number of nitrogens with zero attached hydrogens (tertiary/aromatic N) is 1. The van der Waals surface area contributed by atoms with Crippen LogP contribution in [0.2, 0.25) is 0 Å². The monoisotopic (exact) mass is 305 g/mol. The van der Waals surface area contributed by atoms with Crippen LogP contribution in [0.3, 0.4) is 0 Å². The maximum absolute atomic E-state index is 9.68. The second-order valence-corrected chi connectivity index (χ2v) is 6.61. The van der Waals surface area contributed by atoms with Crippen molar-refractivity contribution in [3.8, 4) is 0 Å². The summed E-state index contributed by atoms with van der Waals surface area (Å²) in [5.74, 6) is 0. The molecule has 0 saturated carbocycles. The predicted molar refractivity (Wildman–Crippen MR) is 90.6 cm³/mol. The Morgan fingerprint density at radius 3 is 2.05 bits per heavy atom. The molecule has 3 unspecified atom stereocenters. The van der Waals surface area contributed by atoms with Crippen molar-refractivity contribution in [3.05, 3.63) is 0 Å². The van der Waals surface area contributed by atoms with Crippen LogP contribution < -0.4 is 0 Å². The van der Waals surface area contributed by atoms with Gasteiger partial charge in [-0.2, -0.15) is 0 Å². The second-order valence-electron chi connectivity index (χ2n) is 6.00. The molecule has 0 radical (unpaired) electrons. The Bertz CT molecular complexity index is 207. The SMILES string of the molecule is CCCCCCCC(Cl)CC(CC(C)O)N(CC)CC. The van der Waals surface area contributed by atoms with Crippen molar-refractivity contribution in [1.82, 2.24) is 4.90 Å². The van der Waals surface area contributed by atoms with Crippen LogP contribution in [0.1, 0.15) is 79.1 Å². The smallest absolute Gasteiger partial charge is 0.0527 e. The molecule has 0 saturated heterocycles. The molecule has 0 rings (SSSR count). The first-order chi connectivity index (χ1) is 9.54. The van der Waals surface area contributed by atoms with Gasteiger partial charge < -0.3 is 10.0 Å². The highest BCUT2D eigenvalue weighted by molar-refractivity contribution is 6.20. The van der Waals surface area contributed by atoms with E-state index in [1.54, 1.807) is 0 Å². The Hall–Kier alpha value is 0.210. The average Bonchev–Trinajstić information content (AvgIpc) is 2.39. The molecule has 3 atom stereocenters. The third-order valence-corrected chi connectivity index (χ3v) is 4.49. The fraction of sp³-hybridized carbons (Fsp3) is 1.00. The summed E-state index contributed by atoms with van der Waals surface area (Å²) >= 11 is 6.52. The van der Waals surface area contributed by atoms with Crippen molar-refractivity contribution in [2.45, 2.75) is 96.6 Å². The molecule has 0 fully saturated rings. The van der Waals surface area contributed by atoms with E-state index in [0.29, 0.717) is 6.04 Å². The lowest BCUT2D eigenvalue weighted by molar-refractivity contribution is 0.112. The van der Waals surface area contributed by atoms with Crippen molar-refractivity contribution >= 4 is 11.6 Å². The molecule has 0 aliphatic rings. The molecule has 0 heterocycles. The van der Waals surface area contributed by atoms with Crippen molar-refractivity contribution < 1.29 is 5.11 Å². The fourth-order valence-electron chi connectivity index (χ4n) is 2.91. The van der Waals surface area contributed by atoms with Crippen molar-refractivity contribution in [3.63, 3.8) is 0 Å². The summed E-state index contributed by atoms with van der Waals surface area (Å²) in [6.07, 6.45) is 9.24. The fourth-order valence-corrected chi connectivity index (χ4v) is 3.27. The molecule has 0 amide bonds.